The van der Waals surface area contributed by atoms with Crippen LogP contribution < -0.4 is 15.0 Å². The number of urea groups is 1. The van der Waals surface area contributed by atoms with Crippen molar-refractivity contribution in [3.63, 3.8) is 0 Å². The lowest BCUT2D eigenvalue weighted by atomic mass is 10.3. The number of carbonyl (C=O) groups is 1. The van der Waals surface area contributed by atoms with Crippen molar-refractivity contribution in [2.45, 2.75) is 6.42 Å². The molecule has 0 aliphatic carbocycles. The van der Waals surface area contributed by atoms with Crippen molar-refractivity contribution in [1.82, 2.24) is 14.3 Å². The van der Waals surface area contributed by atoms with Crippen LogP contribution in [-0.4, -0.2) is 53.6 Å². The van der Waals surface area contributed by atoms with Crippen LogP contribution in [-0.2, 0) is 0 Å². The lowest BCUT2D eigenvalue weighted by Gasteiger charge is -2.24. The Morgan fingerprint density at radius 3 is 2.81 bits per heavy atom. The highest BCUT2D eigenvalue weighted by molar-refractivity contribution is 9.10. The molecule has 1 N–H and O–H groups in total. The van der Waals surface area contributed by atoms with E-state index in [0.29, 0.717) is 13.1 Å². The summed E-state index contributed by atoms with van der Waals surface area (Å²) in [6.45, 7) is 2.89. The zero-order valence-electron chi connectivity index (χ0n) is 17.8. The Hall–Kier alpha value is -3.26. The number of hydrogen-bond acceptors (Lipinski definition) is 4. The predicted octanol–water partition coefficient (Wildman–Crippen LogP) is 5.00. The molecule has 0 bridgehead atoms. The summed E-state index contributed by atoms with van der Waals surface area (Å²) in [5, 5.41) is 2.99. The summed E-state index contributed by atoms with van der Waals surface area (Å²) >= 11 is 3.56. The zero-order valence-corrected chi connectivity index (χ0v) is 19.4. The highest BCUT2D eigenvalue weighted by atomic mass is 79.9. The van der Waals surface area contributed by atoms with Gasteiger partial charge in [-0.3, -0.25) is 0 Å². The Balaban J connectivity index is 1.36. The molecule has 1 aliphatic heterocycles. The quantitative estimate of drug-likeness (QED) is 0.436. The fraction of sp³-hybridized carbons (Fsp3) is 0.250. The molecule has 164 valence electrons. The molecule has 8 heteroatoms. The molecule has 7 nitrogen and oxygen atoms in total. The Kier molecular flexibility index (Phi) is 5.61. The number of halogens is 1. The first-order chi connectivity index (χ1) is 15.6. The first-order valence-corrected chi connectivity index (χ1v) is 11.4. The maximum absolute atomic E-state index is 12.9. The Morgan fingerprint density at radius 1 is 1.03 bits per heavy atom. The second-order valence-electron chi connectivity index (χ2n) is 7.82. The molecule has 0 unspecified atom stereocenters. The van der Waals surface area contributed by atoms with Crippen LogP contribution in [0.15, 0.2) is 65.3 Å². The standard InChI is InChI=1S/C24H24BrN5O2/c1-32-19-6-2-5-18(16-19)26-24(31)29-11-4-10-28(13-14-29)23-22-7-3-12-30(22)21-9-8-17(25)15-20(21)27-23/h2-3,5-9,12,15-16H,4,10-11,13-14H2,1H3,(H,26,31). The molecule has 0 radical (unpaired) electrons. The second kappa shape index (κ2) is 8.70. The molecule has 0 saturated carbocycles. The summed E-state index contributed by atoms with van der Waals surface area (Å²) < 4.78 is 8.44. The van der Waals surface area contributed by atoms with E-state index in [4.69, 9.17) is 9.72 Å². The molecule has 0 atom stereocenters. The lowest BCUT2D eigenvalue weighted by molar-refractivity contribution is 0.215. The van der Waals surface area contributed by atoms with Crippen LogP contribution in [0.2, 0.25) is 0 Å². The maximum atomic E-state index is 12.9. The summed E-state index contributed by atoms with van der Waals surface area (Å²) in [5.41, 5.74) is 3.82. The molecule has 5 rings (SSSR count). The number of anilines is 2. The monoisotopic (exact) mass is 493 g/mol. The normalized spacial score (nSPS) is 14.6. The third kappa shape index (κ3) is 3.98. The Morgan fingerprint density at radius 2 is 1.94 bits per heavy atom. The van der Waals surface area contributed by atoms with Gasteiger partial charge in [0.1, 0.15) is 5.75 Å². The van der Waals surface area contributed by atoms with Crippen LogP contribution in [0.5, 0.6) is 5.75 Å². The minimum atomic E-state index is -0.0941. The number of aromatic nitrogens is 2. The van der Waals surface area contributed by atoms with Crippen molar-refractivity contribution < 1.29 is 9.53 Å². The predicted molar refractivity (Wildman–Crippen MR) is 131 cm³/mol. The van der Waals surface area contributed by atoms with E-state index in [-0.39, 0.29) is 6.03 Å². The van der Waals surface area contributed by atoms with Gasteiger partial charge in [0.15, 0.2) is 5.82 Å². The SMILES string of the molecule is COc1cccc(NC(=O)N2CCCN(c3nc4cc(Br)ccc4n4cccc34)CC2)c1. The van der Waals surface area contributed by atoms with Crippen molar-refractivity contribution in [1.29, 1.82) is 0 Å². The third-order valence-corrected chi connectivity index (χ3v) is 6.30. The number of methoxy groups -OCH3 is 1. The average Bonchev–Trinajstić information content (AvgIpc) is 3.16. The topological polar surface area (TPSA) is 62.1 Å². The minimum Gasteiger partial charge on any atom is -0.497 e. The van der Waals surface area contributed by atoms with Crippen LogP contribution in [0.3, 0.4) is 0 Å². The van der Waals surface area contributed by atoms with Gasteiger partial charge in [0.05, 0.1) is 23.7 Å². The molecule has 0 spiro atoms. The molecular weight excluding hydrogens is 470 g/mol. The fourth-order valence-electron chi connectivity index (χ4n) is 4.20. The van der Waals surface area contributed by atoms with Crippen LogP contribution >= 0.6 is 15.9 Å². The van der Waals surface area contributed by atoms with Crippen molar-refractivity contribution in [3.05, 3.63) is 65.3 Å². The molecular formula is C24H24BrN5O2. The molecule has 2 amide bonds. The van der Waals surface area contributed by atoms with Gasteiger partial charge in [-0.25, -0.2) is 9.78 Å². The van der Waals surface area contributed by atoms with Gasteiger partial charge in [0.2, 0.25) is 0 Å². The molecule has 2 aromatic heterocycles. The van der Waals surface area contributed by atoms with Crippen LogP contribution in [0.25, 0.3) is 16.6 Å². The van der Waals surface area contributed by atoms with Crippen molar-refractivity contribution in [2.24, 2.45) is 0 Å². The van der Waals surface area contributed by atoms with Crippen LogP contribution in [0, 0.1) is 0 Å². The van der Waals surface area contributed by atoms with E-state index in [2.05, 4.69) is 48.9 Å². The lowest BCUT2D eigenvalue weighted by Crippen LogP contribution is -2.38. The van der Waals surface area contributed by atoms with Gasteiger partial charge in [-0.15, -0.1) is 0 Å². The van der Waals surface area contributed by atoms with E-state index in [1.807, 2.05) is 47.4 Å². The van der Waals surface area contributed by atoms with E-state index in [0.717, 1.165) is 57.8 Å². The summed E-state index contributed by atoms with van der Waals surface area (Å²) in [6.07, 6.45) is 2.94. The van der Waals surface area contributed by atoms with Crippen LogP contribution in [0.1, 0.15) is 6.42 Å². The van der Waals surface area contributed by atoms with E-state index in [9.17, 15) is 4.79 Å². The number of ether oxygens (including phenoxy) is 1. The number of carbonyl (C=O) groups excluding carboxylic acids is 1. The van der Waals surface area contributed by atoms with Gasteiger partial charge in [-0.05, 0) is 48.9 Å². The smallest absolute Gasteiger partial charge is 0.321 e. The summed E-state index contributed by atoms with van der Waals surface area (Å²) in [4.78, 5) is 22.0. The summed E-state index contributed by atoms with van der Waals surface area (Å²) in [5.74, 6) is 1.67. The summed E-state index contributed by atoms with van der Waals surface area (Å²) in [6, 6.07) is 17.6. The van der Waals surface area contributed by atoms with Crippen LogP contribution in [0.4, 0.5) is 16.3 Å². The van der Waals surface area contributed by atoms with E-state index < -0.39 is 0 Å². The fourth-order valence-corrected chi connectivity index (χ4v) is 4.55. The highest BCUT2D eigenvalue weighted by Crippen LogP contribution is 2.28. The van der Waals surface area contributed by atoms with Crippen molar-refractivity contribution >= 4 is 50.0 Å². The number of fused-ring (bicyclic) bond motifs is 3. The zero-order chi connectivity index (χ0) is 22.1. The molecule has 2 aromatic carbocycles. The van der Waals surface area contributed by atoms with E-state index in [1.165, 1.54) is 0 Å². The van der Waals surface area contributed by atoms with Gasteiger partial charge in [0, 0.05) is 48.6 Å². The van der Waals surface area contributed by atoms with E-state index >= 15 is 0 Å². The van der Waals surface area contributed by atoms with Gasteiger partial charge >= 0.3 is 6.03 Å². The molecule has 4 aromatic rings. The number of benzene rings is 2. The molecule has 1 saturated heterocycles. The largest absolute Gasteiger partial charge is 0.497 e. The van der Waals surface area contributed by atoms with Gasteiger partial charge in [-0.1, -0.05) is 22.0 Å². The average molecular weight is 494 g/mol. The number of hydrogen-bond donors (Lipinski definition) is 1. The number of nitrogens with zero attached hydrogens (tertiary/aromatic N) is 4. The number of rotatable bonds is 3. The summed E-state index contributed by atoms with van der Waals surface area (Å²) in [7, 11) is 1.62. The van der Waals surface area contributed by atoms with Gasteiger partial charge in [-0.2, -0.15) is 0 Å². The molecule has 32 heavy (non-hydrogen) atoms. The molecule has 3 heterocycles. The second-order valence-corrected chi connectivity index (χ2v) is 8.74. The maximum Gasteiger partial charge on any atom is 0.321 e. The van der Waals surface area contributed by atoms with Crippen molar-refractivity contribution in [2.75, 3.05) is 43.5 Å². The Labute approximate surface area is 194 Å². The minimum absolute atomic E-state index is 0.0941. The number of nitrogens with one attached hydrogen (secondary N) is 1. The molecule has 1 fully saturated rings. The third-order valence-electron chi connectivity index (χ3n) is 5.80. The van der Waals surface area contributed by atoms with E-state index in [1.54, 1.807) is 7.11 Å². The first kappa shape index (κ1) is 20.6. The highest BCUT2D eigenvalue weighted by Gasteiger charge is 2.22. The molecule has 1 aliphatic rings. The van der Waals surface area contributed by atoms with Crippen molar-refractivity contribution in [3.8, 4) is 5.75 Å². The first-order valence-electron chi connectivity index (χ1n) is 10.6. The Bertz CT molecular complexity index is 1290. The number of amides is 2. The van der Waals surface area contributed by atoms with Gasteiger partial charge < -0.3 is 24.3 Å². The van der Waals surface area contributed by atoms with Gasteiger partial charge in [0.25, 0.3) is 0 Å².